The molecule has 0 spiro atoms. The molecule has 20 heavy (non-hydrogen) atoms. The van der Waals surface area contributed by atoms with Crippen molar-refractivity contribution in [2.75, 3.05) is 39.8 Å². The Morgan fingerprint density at radius 1 is 1.25 bits per heavy atom. The third-order valence-electron chi connectivity index (χ3n) is 5.62. The minimum Gasteiger partial charge on any atom is -0.313 e. The number of nitrogens with zero attached hydrogens (tertiary/aromatic N) is 2. The maximum absolute atomic E-state index is 3.84. The molecule has 1 N–H and O–H groups in total. The summed E-state index contributed by atoms with van der Waals surface area (Å²) in [7, 11) is 2.26. The van der Waals surface area contributed by atoms with Crippen LogP contribution in [0.4, 0.5) is 0 Å². The molecule has 1 heterocycles. The zero-order valence-electron chi connectivity index (χ0n) is 14.3. The first-order chi connectivity index (χ1) is 9.44. The molecule has 0 amide bonds. The molecule has 2 rings (SSSR count). The summed E-state index contributed by atoms with van der Waals surface area (Å²) in [5, 5.41) is 3.84. The van der Waals surface area contributed by atoms with E-state index in [9.17, 15) is 0 Å². The fourth-order valence-corrected chi connectivity index (χ4v) is 4.08. The fourth-order valence-electron chi connectivity index (χ4n) is 4.08. The Morgan fingerprint density at radius 2 is 2.00 bits per heavy atom. The van der Waals surface area contributed by atoms with Crippen molar-refractivity contribution in [1.82, 2.24) is 15.1 Å². The Balaban J connectivity index is 1.90. The number of hydrogen-bond donors (Lipinski definition) is 1. The van der Waals surface area contributed by atoms with Gasteiger partial charge in [-0.3, -0.25) is 0 Å². The summed E-state index contributed by atoms with van der Waals surface area (Å²) in [5.41, 5.74) is 0.470. The highest BCUT2D eigenvalue weighted by Gasteiger charge is 2.42. The van der Waals surface area contributed by atoms with Crippen LogP contribution in [0.2, 0.25) is 0 Å². The van der Waals surface area contributed by atoms with Crippen molar-refractivity contribution in [2.45, 2.75) is 59.0 Å². The second kappa shape index (κ2) is 6.76. The Morgan fingerprint density at radius 3 is 2.65 bits per heavy atom. The summed E-state index contributed by atoms with van der Waals surface area (Å²) in [6.45, 7) is 15.7. The highest BCUT2D eigenvalue weighted by molar-refractivity contribution is 4.97. The van der Waals surface area contributed by atoms with E-state index in [1.807, 2.05) is 0 Å². The van der Waals surface area contributed by atoms with Crippen LogP contribution in [-0.4, -0.2) is 61.7 Å². The topological polar surface area (TPSA) is 18.5 Å². The van der Waals surface area contributed by atoms with Gasteiger partial charge in [0.05, 0.1) is 0 Å². The van der Waals surface area contributed by atoms with E-state index < -0.39 is 0 Å². The van der Waals surface area contributed by atoms with Crippen molar-refractivity contribution in [3.63, 3.8) is 0 Å². The van der Waals surface area contributed by atoms with E-state index in [1.54, 1.807) is 0 Å². The van der Waals surface area contributed by atoms with Crippen LogP contribution in [0, 0.1) is 11.3 Å². The van der Waals surface area contributed by atoms with Crippen molar-refractivity contribution < 1.29 is 0 Å². The second-order valence-corrected chi connectivity index (χ2v) is 7.81. The summed E-state index contributed by atoms with van der Waals surface area (Å²) in [4.78, 5) is 5.19. The maximum Gasteiger partial charge on any atom is 0.0192 e. The van der Waals surface area contributed by atoms with E-state index in [0.29, 0.717) is 17.5 Å². The van der Waals surface area contributed by atoms with Crippen LogP contribution in [0.5, 0.6) is 0 Å². The lowest BCUT2D eigenvalue weighted by molar-refractivity contribution is 0.0847. The molecule has 2 aliphatic rings. The Hall–Kier alpha value is -0.120. The summed E-state index contributed by atoms with van der Waals surface area (Å²) >= 11 is 0. The first-order valence-corrected chi connectivity index (χ1v) is 8.60. The zero-order valence-corrected chi connectivity index (χ0v) is 14.3. The predicted molar refractivity (Wildman–Crippen MR) is 87.1 cm³/mol. The molecular formula is C17H35N3. The molecular weight excluding hydrogens is 246 g/mol. The molecule has 3 heteroatoms. The number of nitrogens with one attached hydrogen (secondary N) is 1. The van der Waals surface area contributed by atoms with Gasteiger partial charge in [0.25, 0.3) is 0 Å². The Labute approximate surface area is 126 Å². The molecule has 3 unspecified atom stereocenters. The van der Waals surface area contributed by atoms with Crippen molar-refractivity contribution >= 4 is 0 Å². The van der Waals surface area contributed by atoms with Gasteiger partial charge in [0.2, 0.25) is 0 Å². The molecule has 1 aliphatic heterocycles. The number of hydrogen-bond acceptors (Lipinski definition) is 3. The van der Waals surface area contributed by atoms with Crippen LogP contribution in [0.3, 0.4) is 0 Å². The number of piperazine rings is 1. The first kappa shape index (κ1) is 16.3. The van der Waals surface area contributed by atoms with Gasteiger partial charge in [0, 0.05) is 38.3 Å². The highest BCUT2D eigenvalue weighted by Crippen LogP contribution is 2.41. The van der Waals surface area contributed by atoms with E-state index in [4.69, 9.17) is 0 Å². The van der Waals surface area contributed by atoms with Crippen LogP contribution in [0.1, 0.15) is 47.0 Å². The lowest BCUT2D eigenvalue weighted by Crippen LogP contribution is -2.53. The van der Waals surface area contributed by atoms with Gasteiger partial charge in [-0.15, -0.1) is 0 Å². The molecule has 1 saturated carbocycles. The first-order valence-electron chi connectivity index (χ1n) is 8.60. The van der Waals surface area contributed by atoms with E-state index >= 15 is 0 Å². The van der Waals surface area contributed by atoms with Gasteiger partial charge >= 0.3 is 0 Å². The van der Waals surface area contributed by atoms with Crippen molar-refractivity contribution in [3.05, 3.63) is 0 Å². The molecule has 1 saturated heterocycles. The van der Waals surface area contributed by atoms with Crippen LogP contribution in [-0.2, 0) is 0 Å². The Bertz CT molecular complexity index is 303. The highest BCUT2D eigenvalue weighted by atomic mass is 15.3. The van der Waals surface area contributed by atoms with Gasteiger partial charge < -0.3 is 15.1 Å². The number of rotatable bonds is 5. The van der Waals surface area contributed by atoms with E-state index in [-0.39, 0.29) is 0 Å². The Kier molecular flexibility index (Phi) is 5.49. The van der Waals surface area contributed by atoms with Gasteiger partial charge in [0.1, 0.15) is 0 Å². The van der Waals surface area contributed by atoms with Gasteiger partial charge in [0.15, 0.2) is 0 Å². The molecule has 3 nitrogen and oxygen atoms in total. The van der Waals surface area contributed by atoms with E-state index in [0.717, 1.165) is 5.92 Å². The molecule has 0 aromatic rings. The molecule has 0 aromatic carbocycles. The van der Waals surface area contributed by atoms with Crippen LogP contribution >= 0.6 is 0 Å². The summed E-state index contributed by atoms with van der Waals surface area (Å²) in [6, 6.07) is 1.41. The average Bonchev–Trinajstić information content (AvgIpc) is 2.67. The fraction of sp³-hybridized carbons (Fsp3) is 1.00. The minimum absolute atomic E-state index is 0.470. The van der Waals surface area contributed by atoms with Gasteiger partial charge in [-0.2, -0.15) is 0 Å². The largest absolute Gasteiger partial charge is 0.313 e. The lowest BCUT2D eigenvalue weighted by atomic mass is 9.84. The van der Waals surface area contributed by atoms with E-state index in [1.165, 1.54) is 52.0 Å². The third-order valence-corrected chi connectivity index (χ3v) is 5.62. The molecule has 1 aliphatic carbocycles. The lowest BCUT2D eigenvalue weighted by Gasteiger charge is -2.40. The van der Waals surface area contributed by atoms with Gasteiger partial charge in [-0.05, 0) is 51.1 Å². The summed E-state index contributed by atoms with van der Waals surface area (Å²) in [6.07, 6.45) is 4.02. The normalized spacial score (nSPS) is 35.5. The quantitative estimate of drug-likeness (QED) is 0.835. The molecule has 2 fully saturated rings. The minimum atomic E-state index is 0.470. The van der Waals surface area contributed by atoms with Gasteiger partial charge in [-0.1, -0.05) is 20.8 Å². The second-order valence-electron chi connectivity index (χ2n) is 7.81. The van der Waals surface area contributed by atoms with Crippen molar-refractivity contribution in [3.8, 4) is 0 Å². The smallest absolute Gasteiger partial charge is 0.0192 e. The van der Waals surface area contributed by atoms with Crippen LogP contribution < -0.4 is 5.32 Å². The van der Waals surface area contributed by atoms with Crippen LogP contribution in [0.15, 0.2) is 0 Å². The number of likely N-dealkylation sites (N-methyl/N-ethyl adjacent to an activating group) is 1. The zero-order chi connectivity index (χ0) is 14.8. The molecule has 118 valence electrons. The molecule has 0 radical (unpaired) electrons. The molecule has 0 bridgehead atoms. The standard InChI is InChI=1S/C17H35N3/c1-6-9-18-16-15(7-8-17(16,3)4)13-20-11-10-19(5)14(2)12-20/h14-16,18H,6-13H2,1-5H3. The summed E-state index contributed by atoms with van der Waals surface area (Å²) < 4.78 is 0. The van der Waals surface area contributed by atoms with Gasteiger partial charge in [-0.25, -0.2) is 0 Å². The van der Waals surface area contributed by atoms with Crippen molar-refractivity contribution in [2.24, 2.45) is 11.3 Å². The SMILES string of the molecule is CCCNC1C(CN2CCN(C)C(C)C2)CCC1(C)C. The monoisotopic (exact) mass is 281 g/mol. The predicted octanol–water partition coefficient (Wildman–Crippen LogP) is 2.43. The average molecular weight is 281 g/mol. The van der Waals surface area contributed by atoms with E-state index in [2.05, 4.69) is 49.9 Å². The molecule has 3 atom stereocenters. The third kappa shape index (κ3) is 3.75. The van der Waals surface area contributed by atoms with Crippen molar-refractivity contribution in [1.29, 1.82) is 0 Å². The van der Waals surface area contributed by atoms with Crippen LogP contribution in [0.25, 0.3) is 0 Å². The molecule has 0 aromatic heterocycles. The summed E-state index contributed by atoms with van der Waals surface area (Å²) in [5.74, 6) is 0.840. The maximum atomic E-state index is 3.84.